The highest BCUT2D eigenvalue weighted by Gasteiger charge is 2.38. The number of anilines is 2. The summed E-state index contributed by atoms with van der Waals surface area (Å²) in [7, 11) is 3.49. The molecule has 28 heavy (non-hydrogen) atoms. The van der Waals surface area contributed by atoms with Gasteiger partial charge in [-0.3, -0.25) is 9.69 Å². The molecule has 0 spiro atoms. The Hall–Kier alpha value is -3.67. The van der Waals surface area contributed by atoms with Crippen LogP contribution in [0.15, 0.2) is 66.7 Å². The molecule has 3 aromatic rings. The maximum atomic E-state index is 13.4. The second-order valence-electron chi connectivity index (χ2n) is 6.62. The summed E-state index contributed by atoms with van der Waals surface area (Å²) in [6, 6.07) is 19.3. The van der Waals surface area contributed by atoms with E-state index < -0.39 is 6.17 Å². The van der Waals surface area contributed by atoms with E-state index in [1.165, 1.54) is 12.1 Å². The largest absolute Gasteiger partial charge is 0.504 e. The van der Waals surface area contributed by atoms with E-state index in [0.717, 1.165) is 5.69 Å². The SMILES string of the molecule is COc1ccc(N2C(=O)c3ccccc3N(C)C2c2ccc(O)c(O)c2)cc1. The topological polar surface area (TPSA) is 73.2 Å². The molecule has 1 amide bonds. The monoisotopic (exact) mass is 376 g/mol. The lowest BCUT2D eigenvalue weighted by Crippen LogP contribution is -2.48. The molecular formula is C22H20N2O4. The van der Waals surface area contributed by atoms with Gasteiger partial charge in [0.25, 0.3) is 5.91 Å². The third-order valence-corrected chi connectivity index (χ3v) is 4.99. The number of para-hydroxylation sites is 1. The van der Waals surface area contributed by atoms with Crippen LogP contribution in [-0.2, 0) is 0 Å². The van der Waals surface area contributed by atoms with Gasteiger partial charge < -0.3 is 19.8 Å². The van der Waals surface area contributed by atoms with E-state index in [1.54, 1.807) is 36.3 Å². The molecule has 1 heterocycles. The molecule has 4 rings (SSSR count). The minimum atomic E-state index is -0.498. The van der Waals surface area contributed by atoms with Crippen molar-refractivity contribution in [2.75, 3.05) is 24.0 Å². The number of phenolic OH excluding ortho intramolecular Hbond substituents is 2. The van der Waals surface area contributed by atoms with Gasteiger partial charge in [-0.05, 0) is 54.1 Å². The third kappa shape index (κ3) is 2.79. The summed E-state index contributed by atoms with van der Waals surface area (Å²) in [5.41, 5.74) is 2.77. The Morgan fingerprint density at radius 1 is 0.929 bits per heavy atom. The van der Waals surface area contributed by atoms with Crippen molar-refractivity contribution in [3.63, 3.8) is 0 Å². The molecule has 1 aliphatic heterocycles. The molecular weight excluding hydrogens is 356 g/mol. The average molecular weight is 376 g/mol. The number of amides is 1. The van der Waals surface area contributed by atoms with Crippen LogP contribution in [0.3, 0.4) is 0 Å². The number of nitrogens with zero attached hydrogens (tertiary/aromatic N) is 2. The zero-order valence-corrected chi connectivity index (χ0v) is 15.5. The smallest absolute Gasteiger partial charge is 0.262 e. The first kappa shape index (κ1) is 17.7. The zero-order valence-electron chi connectivity index (χ0n) is 15.5. The summed E-state index contributed by atoms with van der Waals surface area (Å²) in [4.78, 5) is 17.1. The van der Waals surface area contributed by atoms with E-state index in [4.69, 9.17) is 4.74 Å². The van der Waals surface area contributed by atoms with Gasteiger partial charge in [0, 0.05) is 12.7 Å². The molecule has 0 radical (unpaired) electrons. The number of carbonyl (C=O) groups is 1. The van der Waals surface area contributed by atoms with Gasteiger partial charge in [-0.1, -0.05) is 18.2 Å². The fourth-order valence-corrected chi connectivity index (χ4v) is 3.58. The Morgan fingerprint density at radius 3 is 2.32 bits per heavy atom. The predicted molar refractivity (Wildman–Crippen MR) is 107 cm³/mol. The van der Waals surface area contributed by atoms with Crippen LogP contribution in [0.1, 0.15) is 22.1 Å². The summed E-state index contributed by atoms with van der Waals surface area (Å²) in [6.45, 7) is 0. The number of fused-ring (bicyclic) bond motifs is 1. The molecule has 0 saturated carbocycles. The van der Waals surface area contributed by atoms with E-state index in [1.807, 2.05) is 42.3 Å². The van der Waals surface area contributed by atoms with Crippen LogP contribution in [0, 0.1) is 0 Å². The number of benzene rings is 3. The molecule has 0 bridgehead atoms. The van der Waals surface area contributed by atoms with Gasteiger partial charge in [-0.25, -0.2) is 0 Å². The van der Waals surface area contributed by atoms with Crippen molar-refractivity contribution in [3.8, 4) is 17.2 Å². The molecule has 1 unspecified atom stereocenters. The normalized spacial score (nSPS) is 16.1. The predicted octanol–water partition coefficient (Wildman–Crippen LogP) is 3.90. The van der Waals surface area contributed by atoms with E-state index in [-0.39, 0.29) is 17.4 Å². The van der Waals surface area contributed by atoms with Crippen molar-refractivity contribution in [3.05, 3.63) is 77.9 Å². The molecule has 0 fully saturated rings. The van der Waals surface area contributed by atoms with Crippen molar-refractivity contribution in [2.24, 2.45) is 0 Å². The summed E-state index contributed by atoms with van der Waals surface area (Å²) >= 11 is 0. The first-order valence-corrected chi connectivity index (χ1v) is 8.82. The number of carbonyl (C=O) groups excluding carboxylic acids is 1. The van der Waals surface area contributed by atoms with E-state index in [9.17, 15) is 15.0 Å². The first-order valence-electron chi connectivity index (χ1n) is 8.82. The highest BCUT2D eigenvalue weighted by molar-refractivity contribution is 6.12. The van der Waals surface area contributed by atoms with Crippen LogP contribution in [0.5, 0.6) is 17.2 Å². The summed E-state index contributed by atoms with van der Waals surface area (Å²) < 4.78 is 5.23. The van der Waals surface area contributed by atoms with Crippen LogP contribution in [0.4, 0.5) is 11.4 Å². The lowest BCUT2D eigenvalue weighted by molar-refractivity contribution is 0.0969. The summed E-state index contributed by atoms with van der Waals surface area (Å²) in [6.07, 6.45) is -0.498. The van der Waals surface area contributed by atoms with Crippen molar-refractivity contribution in [2.45, 2.75) is 6.17 Å². The Kier molecular flexibility index (Phi) is 4.31. The Bertz CT molecular complexity index is 1030. The zero-order chi connectivity index (χ0) is 19.8. The van der Waals surface area contributed by atoms with Crippen LogP contribution in [-0.4, -0.2) is 30.3 Å². The van der Waals surface area contributed by atoms with Crippen LogP contribution < -0.4 is 14.5 Å². The van der Waals surface area contributed by atoms with Gasteiger partial charge >= 0.3 is 0 Å². The minimum Gasteiger partial charge on any atom is -0.504 e. The van der Waals surface area contributed by atoms with Gasteiger partial charge in [-0.15, -0.1) is 0 Å². The van der Waals surface area contributed by atoms with E-state index >= 15 is 0 Å². The van der Waals surface area contributed by atoms with Gasteiger partial charge in [0.05, 0.1) is 18.4 Å². The second kappa shape index (κ2) is 6.81. The molecule has 1 atom stereocenters. The first-order chi connectivity index (χ1) is 13.5. The molecule has 0 aliphatic carbocycles. The van der Waals surface area contributed by atoms with E-state index in [2.05, 4.69) is 0 Å². The average Bonchev–Trinajstić information content (AvgIpc) is 2.73. The maximum Gasteiger partial charge on any atom is 0.262 e. The summed E-state index contributed by atoms with van der Waals surface area (Å²) in [5.74, 6) is 0.119. The molecule has 0 aromatic heterocycles. The molecule has 0 saturated heterocycles. The molecule has 1 aliphatic rings. The Balaban J connectivity index is 1.90. The minimum absolute atomic E-state index is 0.142. The summed E-state index contributed by atoms with van der Waals surface area (Å²) in [5, 5.41) is 19.7. The number of hydrogen-bond donors (Lipinski definition) is 2. The quantitative estimate of drug-likeness (QED) is 0.678. The molecule has 142 valence electrons. The highest BCUT2D eigenvalue weighted by atomic mass is 16.5. The number of aromatic hydroxyl groups is 2. The van der Waals surface area contributed by atoms with Crippen molar-refractivity contribution >= 4 is 17.3 Å². The maximum absolute atomic E-state index is 13.4. The van der Waals surface area contributed by atoms with Crippen LogP contribution in [0.2, 0.25) is 0 Å². The number of rotatable bonds is 3. The molecule has 2 N–H and O–H groups in total. The number of hydrogen-bond acceptors (Lipinski definition) is 5. The number of ether oxygens (including phenoxy) is 1. The second-order valence-corrected chi connectivity index (χ2v) is 6.62. The van der Waals surface area contributed by atoms with Crippen molar-refractivity contribution in [1.29, 1.82) is 0 Å². The van der Waals surface area contributed by atoms with Gasteiger partial charge in [0.1, 0.15) is 11.9 Å². The van der Waals surface area contributed by atoms with Gasteiger partial charge in [0.2, 0.25) is 0 Å². The Labute approximate surface area is 162 Å². The lowest BCUT2D eigenvalue weighted by atomic mass is 10.0. The van der Waals surface area contributed by atoms with Gasteiger partial charge in [0.15, 0.2) is 11.5 Å². The van der Waals surface area contributed by atoms with E-state index in [0.29, 0.717) is 22.6 Å². The van der Waals surface area contributed by atoms with Crippen molar-refractivity contribution < 1.29 is 19.7 Å². The molecule has 6 nitrogen and oxygen atoms in total. The number of methoxy groups -OCH3 is 1. The Morgan fingerprint density at radius 2 is 1.64 bits per heavy atom. The fourth-order valence-electron chi connectivity index (χ4n) is 3.58. The lowest BCUT2D eigenvalue weighted by Gasteiger charge is -2.44. The van der Waals surface area contributed by atoms with Crippen LogP contribution >= 0.6 is 0 Å². The van der Waals surface area contributed by atoms with Crippen molar-refractivity contribution in [1.82, 2.24) is 0 Å². The fraction of sp³-hybridized carbons (Fsp3) is 0.136. The molecule has 6 heteroatoms. The molecule has 3 aromatic carbocycles. The highest BCUT2D eigenvalue weighted by Crippen LogP contribution is 2.42. The number of phenols is 2. The third-order valence-electron chi connectivity index (χ3n) is 4.99. The standard InChI is InChI=1S/C22H20N2O4/c1-23-18-6-4-3-5-17(18)22(27)24(15-8-10-16(28-2)11-9-15)21(23)14-7-12-19(25)20(26)13-14/h3-13,21,25-26H,1-2H3. The van der Waals surface area contributed by atoms with Gasteiger partial charge in [-0.2, -0.15) is 0 Å². The van der Waals surface area contributed by atoms with Crippen LogP contribution in [0.25, 0.3) is 0 Å².